The maximum atomic E-state index is 14.0. The lowest BCUT2D eigenvalue weighted by molar-refractivity contribution is -0.137. The average Bonchev–Trinajstić information content (AvgIpc) is 2.83. The molecule has 0 amide bonds. The minimum absolute atomic E-state index is 0.388. The Morgan fingerprint density at radius 3 is 1.74 bits per heavy atom. The smallest absolute Gasteiger partial charge is 0.236 e. The van der Waals surface area contributed by atoms with E-state index in [9.17, 15) is 13.2 Å². The van der Waals surface area contributed by atoms with Crippen molar-refractivity contribution in [2.45, 2.75) is 20.0 Å². The van der Waals surface area contributed by atoms with Gasteiger partial charge < -0.3 is 0 Å². The summed E-state index contributed by atoms with van der Waals surface area (Å²) in [5.74, 6) is 0.388. The molecule has 34 heavy (non-hydrogen) atoms. The number of hydrogen-bond donors (Lipinski definition) is 0. The van der Waals surface area contributed by atoms with Crippen LogP contribution in [0.4, 0.5) is 13.2 Å². The number of nitrogens with zero attached hydrogens (tertiary/aromatic N) is 2. The molecule has 0 N–H and O–H groups in total. The molecule has 0 saturated heterocycles. The van der Waals surface area contributed by atoms with Gasteiger partial charge in [0.1, 0.15) is 0 Å². The molecular weight excluding hydrogens is 433 g/mol. The molecule has 5 rings (SSSR count). The number of aryl methyl sites for hydroxylation is 2. The molecule has 2 nitrogen and oxygen atoms in total. The Morgan fingerprint density at radius 2 is 1.21 bits per heavy atom. The van der Waals surface area contributed by atoms with Gasteiger partial charge in [0.15, 0.2) is 5.82 Å². The van der Waals surface area contributed by atoms with Crippen LogP contribution in [0.25, 0.3) is 44.5 Å². The molecular formula is C29H21F3N2. The van der Waals surface area contributed by atoms with Gasteiger partial charge in [0.2, 0.25) is 0 Å². The van der Waals surface area contributed by atoms with Gasteiger partial charge in [-0.1, -0.05) is 77.9 Å². The van der Waals surface area contributed by atoms with Crippen molar-refractivity contribution >= 4 is 10.9 Å². The van der Waals surface area contributed by atoms with Crippen molar-refractivity contribution < 1.29 is 13.2 Å². The zero-order chi connectivity index (χ0) is 23.9. The maximum absolute atomic E-state index is 14.0. The number of halogens is 3. The van der Waals surface area contributed by atoms with Crippen LogP contribution in [0.15, 0.2) is 91.1 Å². The molecule has 0 aliphatic carbocycles. The number of para-hydroxylation sites is 1. The highest BCUT2D eigenvalue weighted by Crippen LogP contribution is 2.43. The SMILES string of the molecule is Cc1ccc(-c2cc(C(F)(F)F)cc(-c3ccc(C)cc3)c2-c2ncc3ccccc3n2)cc1. The van der Waals surface area contributed by atoms with Crippen molar-refractivity contribution in [1.82, 2.24) is 9.97 Å². The fraction of sp³-hybridized carbons (Fsp3) is 0.103. The molecule has 0 unspecified atom stereocenters. The van der Waals surface area contributed by atoms with Gasteiger partial charge >= 0.3 is 6.18 Å². The van der Waals surface area contributed by atoms with Crippen LogP contribution in [0.1, 0.15) is 16.7 Å². The van der Waals surface area contributed by atoms with Gasteiger partial charge in [-0.15, -0.1) is 0 Å². The molecule has 5 aromatic rings. The maximum Gasteiger partial charge on any atom is 0.416 e. The Balaban J connectivity index is 1.88. The van der Waals surface area contributed by atoms with Crippen LogP contribution in [0.5, 0.6) is 0 Å². The van der Waals surface area contributed by atoms with Crippen molar-refractivity contribution in [3.8, 4) is 33.6 Å². The van der Waals surface area contributed by atoms with Crippen molar-refractivity contribution in [3.63, 3.8) is 0 Å². The molecule has 0 spiro atoms. The average molecular weight is 454 g/mol. The summed E-state index contributed by atoms with van der Waals surface area (Å²) in [5, 5.41) is 0.868. The van der Waals surface area contributed by atoms with Crippen LogP contribution in [0.3, 0.4) is 0 Å². The number of alkyl halides is 3. The Kier molecular flexibility index (Phi) is 5.40. The summed E-state index contributed by atoms with van der Waals surface area (Å²) < 4.78 is 42.1. The van der Waals surface area contributed by atoms with Crippen molar-refractivity contribution in [2.24, 2.45) is 0 Å². The van der Waals surface area contributed by atoms with E-state index >= 15 is 0 Å². The number of fused-ring (bicyclic) bond motifs is 1. The lowest BCUT2D eigenvalue weighted by Crippen LogP contribution is -2.07. The third kappa shape index (κ3) is 4.17. The second-order valence-corrected chi connectivity index (χ2v) is 8.43. The van der Waals surface area contributed by atoms with E-state index in [0.717, 1.165) is 22.0 Å². The van der Waals surface area contributed by atoms with E-state index in [0.29, 0.717) is 33.6 Å². The summed E-state index contributed by atoms with van der Waals surface area (Å²) in [6, 6.07) is 24.9. The van der Waals surface area contributed by atoms with Crippen LogP contribution < -0.4 is 0 Å². The molecule has 0 aliphatic rings. The first-order valence-corrected chi connectivity index (χ1v) is 10.9. The molecule has 168 valence electrons. The molecule has 0 fully saturated rings. The summed E-state index contributed by atoms with van der Waals surface area (Å²) >= 11 is 0. The third-order valence-corrected chi connectivity index (χ3v) is 5.90. The van der Waals surface area contributed by atoms with Crippen LogP contribution >= 0.6 is 0 Å². The Labute approximate surface area is 195 Å². The topological polar surface area (TPSA) is 25.8 Å². The van der Waals surface area contributed by atoms with E-state index in [4.69, 9.17) is 4.98 Å². The molecule has 0 atom stereocenters. The number of rotatable bonds is 3. The molecule has 5 heteroatoms. The first-order valence-electron chi connectivity index (χ1n) is 10.9. The van der Waals surface area contributed by atoms with Crippen LogP contribution in [-0.4, -0.2) is 9.97 Å². The fourth-order valence-electron chi connectivity index (χ4n) is 4.06. The van der Waals surface area contributed by atoms with Crippen molar-refractivity contribution in [2.75, 3.05) is 0 Å². The van der Waals surface area contributed by atoms with E-state index in [2.05, 4.69) is 4.98 Å². The van der Waals surface area contributed by atoms with Crippen molar-refractivity contribution in [3.05, 3.63) is 108 Å². The molecule has 1 heterocycles. The zero-order valence-corrected chi connectivity index (χ0v) is 18.7. The standard InChI is InChI=1S/C29H21F3N2/c1-18-7-11-20(12-8-18)24-15-23(29(30,31)32)16-25(21-13-9-19(2)10-14-21)27(24)28-33-17-22-5-3-4-6-26(22)34-28/h3-17H,1-2H3. The predicted molar refractivity (Wildman–Crippen MR) is 130 cm³/mol. The predicted octanol–water partition coefficient (Wildman–Crippen LogP) is 8.27. The highest BCUT2D eigenvalue weighted by molar-refractivity contribution is 5.94. The molecule has 0 radical (unpaired) electrons. The number of aromatic nitrogens is 2. The molecule has 0 aliphatic heterocycles. The minimum Gasteiger partial charge on any atom is -0.236 e. The van der Waals surface area contributed by atoms with Gasteiger partial charge in [-0.25, -0.2) is 9.97 Å². The van der Waals surface area contributed by atoms with Crippen LogP contribution in [-0.2, 0) is 6.18 Å². The summed E-state index contributed by atoms with van der Waals surface area (Å²) in [5.41, 5.74) is 4.90. The Morgan fingerprint density at radius 1 is 0.676 bits per heavy atom. The minimum atomic E-state index is -4.50. The molecule has 4 aromatic carbocycles. The van der Waals surface area contributed by atoms with E-state index in [1.807, 2.05) is 86.6 Å². The monoisotopic (exact) mass is 454 g/mol. The van der Waals surface area contributed by atoms with E-state index in [1.165, 1.54) is 12.1 Å². The Bertz CT molecular complexity index is 1420. The lowest BCUT2D eigenvalue weighted by atomic mass is 9.88. The quantitative estimate of drug-likeness (QED) is 0.274. The van der Waals surface area contributed by atoms with Gasteiger partial charge in [-0.3, -0.25) is 0 Å². The number of hydrogen-bond acceptors (Lipinski definition) is 2. The summed E-state index contributed by atoms with van der Waals surface area (Å²) in [4.78, 5) is 9.34. The zero-order valence-electron chi connectivity index (χ0n) is 18.7. The van der Waals surface area contributed by atoms with Crippen molar-refractivity contribution in [1.29, 1.82) is 0 Å². The summed E-state index contributed by atoms with van der Waals surface area (Å²) in [6.07, 6.45) is -2.78. The van der Waals surface area contributed by atoms with Gasteiger partial charge in [-0.05, 0) is 54.3 Å². The largest absolute Gasteiger partial charge is 0.416 e. The lowest BCUT2D eigenvalue weighted by Gasteiger charge is -2.19. The fourth-order valence-corrected chi connectivity index (χ4v) is 4.06. The third-order valence-electron chi connectivity index (χ3n) is 5.90. The summed E-state index contributed by atoms with van der Waals surface area (Å²) in [7, 11) is 0. The van der Waals surface area contributed by atoms with E-state index < -0.39 is 11.7 Å². The first-order chi connectivity index (χ1) is 16.3. The first kappa shape index (κ1) is 21.8. The van der Waals surface area contributed by atoms with Gasteiger partial charge in [0.25, 0.3) is 0 Å². The van der Waals surface area contributed by atoms with E-state index in [1.54, 1.807) is 6.20 Å². The normalized spacial score (nSPS) is 11.7. The van der Waals surface area contributed by atoms with Crippen LogP contribution in [0, 0.1) is 13.8 Å². The number of benzene rings is 4. The Hall–Kier alpha value is -3.99. The van der Waals surface area contributed by atoms with Crippen LogP contribution in [0.2, 0.25) is 0 Å². The highest BCUT2D eigenvalue weighted by atomic mass is 19.4. The molecule has 0 saturated carbocycles. The van der Waals surface area contributed by atoms with Gasteiger partial charge in [-0.2, -0.15) is 13.2 Å². The van der Waals surface area contributed by atoms with Gasteiger partial charge in [0.05, 0.1) is 11.1 Å². The highest BCUT2D eigenvalue weighted by Gasteiger charge is 2.33. The second kappa shape index (κ2) is 8.41. The van der Waals surface area contributed by atoms with Gasteiger partial charge in [0, 0.05) is 17.1 Å². The molecule has 0 bridgehead atoms. The summed E-state index contributed by atoms with van der Waals surface area (Å²) in [6.45, 7) is 3.89. The second-order valence-electron chi connectivity index (χ2n) is 8.43. The molecule has 1 aromatic heterocycles. The van der Waals surface area contributed by atoms with E-state index in [-0.39, 0.29) is 0 Å².